The van der Waals surface area contributed by atoms with Crippen LogP contribution >= 0.6 is 11.6 Å². The Morgan fingerprint density at radius 2 is 1.67 bits per heavy atom. The summed E-state index contributed by atoms with van der Waals surface area (Å²) in [6, 6.07) is 13.8. The first-order chi connectivity index (χ1) is 12.9. The number of fused-ring (bicyclic) bond motifs is 1. The van der Waals surface area contributed by atoms with E-state index in [1.807, 2.05) is 0 Å². The Kier molecular flexibility index (Phi) is 4.36. The normalized spacial score (nSPS) is 11.5. The second-order valence-electron chi connectivity index (χ2n) is 6.08. The molecule has 0 aliphatic rings. The predicted molar refractivity (Wildman–Crippen MR) is 99.0 cm³/mol. The van der Waals surface area contributed by atoms with Crippen LogP contribution in [-0.2, 0) is 0 Å². The van der Waals surface area contributed by atoms with Gasteiger partial charge < -0.3 is 0 Å². The van der Waals surface area contributed by atoms with Crippen molar-refractivity contribution in [1.29, 1.82) is 0 Å². The minimum absolute atomic E-state index is 0.143. The zero-order valence-corrected chi connectivity index (χ0v) is 14.9. The van der Waals surface area contributed by atoms with Gasteiger partial charge in [0.05, 0.1) is 22.5 Å². The summed E-state index contributed by atoms with van der Waals surface area (Å²) in [5, 5.41) is 5.20. The Morgan fingerprint density at radius 1 is 1.00 bits per heavy atom. The molecule has 0 bridgehead atoms. The Labute approximate surface area is 158 Å². The van der Waals surface area contributed by atoms with Crippen molar-refractivity contribution >= 4 is 22.6 Å². The largest absolute Gasteiger partial charge is 0.264 e. The van der Waals surface area contributed by atoms with E-state index in [0.29, 0.717) is 38.7 Å². The Hall–Kier alpha value is -2.86. The number of alkyl halides is 2. The molecular weight excluding hydrogens is 375 g/mol. The molecule has 0 fully saturated rings. The lowest BCUT2D eigenvalue weighted by atomic mass is 10.1. The monoisotopic (exact) mass is 387 g/mol. The summed E-state index contributed by atoms with van der Waals surface area (Å²) in [7, 11) is 0. The quantitative estimate of drug-likeness (QED) is 0.423. The molecule has 3 nitrogen and oxygen atoms in total. The smallest absolute Gasteiger partial charge is 0.228 e. The molecule has 0 saturated heterocycles. The fraction of sp³-hybridized carbons (Fsp3) is 0.100. The molecule has 2 aromatic heterocycles. The molecule has 2 heterocycles. The topological polar surface area (TPSA) is 30.7 Å². The van der Waals surface area contributed by atoms with Gasteiger partial charge in [0.15, 0.2) is 5.65 Å². The van der Waals surface area contributed by atoms with Crippen molar-refractivity contribution in [1.82, 2.24) is 14.8 Å². The highest BCUT2D eigenvalue weighted by Gasteiger charge is 2.21. The maximum absolute atomic E-state index is 13.8. The number of benzene rings is 2. The molecule has 0 unspecified atom stereocenters. The molecule has 2 aromatic carbocycles. The van der Waals surface area contributed by atoms with Crippen LogP contribution in [0.1, 0.15) is 17.7 Å². The van der Waals surface area contributed by atoms with E-state index in [1.54, 1.807) is 31.2 Å². The molecule has 0 amide bonds. The number of pyridine rings is 1. The molecule has 4 rings (SSSR count). The second kappa shape index (κ2) is 6.70. The van der Waals surface area contributed by atoms with Gasteiger partial charge in [-0.05, 0) is 49.4 Å². The molecule has 136 valence electrons. The lowest BCUT2D eigenvalue weighted by molar-refractivity contribution is 0.153. The highest BCUT2D eigenvalue weighted by Crippen LogP contribution is 2.34. The molecule has 0 radical (unpaired) electrons. The van der Waals surface area contributed by atoms with Gasteiger partial charge in [0.25, 0.3) is 6.43 Å². The third-order valence-electron chi connectivity index (χ3n) is 4.29. The average Bonchev–Trinajstić information content (AvgIpc) is 2.99. The van der Waals surface area contributed by atoms with Crippen molar-refractivity contribution in [3.05, 3.63) is 76.7 Å². The molecular formula is C20H13ClF3N3. The maximum atomic E-state index is 13.8. The van der Waals surface area contributed by atoms with Crippen LogP contribution in [0.3, 0.4) is 0 Å². The van der Waals surface area contributed by atoms with Crippen molar-refractivity contribution in [2.24, 2.45) is 0 Å². The van der Waals surface area contributed by atoms with Gasteiger partial charge in [0.2, 0.25) is 0 Å². The molecule has 0 aliphatic carbocycles. The van der Waals surface area contributed by atoms with Crippen LogP contribution in [0, 0.1) is 12.7 Å². The van der Waals surface area contributed by atoms with Gasteiger partial charge in [0.1, 0.15) is 5.82 Å². The van der Waals surface area contributed by atoms with E-state index >= 15 is 0 Å². The van der Waals surface area contributed by atoms with Crippen LogP contribution in [0.15, 0.2) is 54.6 Å². The first-order valence-corrected chi connectivity index (χ1v) is 8.52. The van der Waals surface area contributed by atoms with Gasteiger partial charge >= 0.3 is 0 Å². The van der Waals surface area contributed by atoms with Crippen LogP contribution < -0.4 is 0 Å². The lowest BCUT2D eigenvalue weighted by Gasteiger charge is -2.09. The maximum Gasteiger partial charge on any atom is 0.264 e. The fourth-order valence-corrected chi connectivity index (χ4v) is 3.15. The highest BCUT2D eigenvalue weighted by atomic mass is 35.5. The van der Waals surface area contributed by atoms with E-state index in [0.717, 1.165) is 0 Å². The number of aromatic nitrogens is 3. The van der Waals surface area contributed by atoms with E-state index in [4.69, 9.17) is 11.6 Å². The summed E-state index contributed by atoms with van der Waals surface area (Å²) in [5.74, 6) is -0.394. The van der Waals surface area contributed by atoms with Crippen LogP contribution in [0.25, 0.3) is 28.0 Å². The summed E-state index contributed by atoms with van der Waals surface area (Å²) in [4.78, 5) is 4.57. The van der Waals surface area contributed by atoms with Crippen molar-refractivity contribution < 1.29 is 13.2 Å². The van der Waals surface area contributed by atoms with Crippen LogP contribution in [-0.4, -0.2) is 14.8 Å². The zero-order valence-electron chi connectivity index (χ0n) is 14.1. The Bertz CT molecular complexity index is 1120. The summed E-state index contributed by atoms with van der Waals surface area (Å²) < 4.78 is 42.2. The summed E-state index contributed by atoms with van der Waals surface area (Å²) >= 11 is 5.91. The molecule has 27 heavy (non-hydrogen) atoms. The Balaban J connectivity index is 2.01. The van der Waals surface area contributed by atoms with Gasteiger partial charge in [-0.1, -0.05) is 23.7 Å². The minimum Gasteiger partial charge on any atom is -0.228 e. The van der Waals surface area contributed by atoms with Crippen molar-refractivity contribution in [2.75, 3.05) is 0 Å². The molecule has 7 heteroatoms. The van der Waals surface area contributed by atoms with Gasteiger partial charge in [-0.25, -0.2) is 22.8 Å². The van der Waals surface area contributed by atoms with Gasteiger partial charge in [-0.2, -0.15) is 5.10 Å². The molecule has 0 spiro atoms. The van der Waals surface area contributed by atoms with Crippen molar-refractivity contribution in [3.63, 3.8) is 0 Å². The molecule has 0 aliphatic heterocycles. The van der Waals surface area contributed by atoms with E-state index in [2.05, 4.69) is 10.1 Å². The van der Waals surface area contributed by atoms with E-state index in [9.17, 15) is 13.2 Å². The van der Waals surface area contributed by atoms with Crippen molar-refractivity contribution in [2.45, 2.75) is 13.3 Å². The SMILES string of the molecule is Cc1nn(-c2ccc(F)cc2)c2nc(-c3ccc(Cl)cc3)cc(C(F)F)c12. The van der Waals surface area contributed by atoms with Crippen LogP contribution in [0.5, 0.6) is 0 Å². The fourth-order valence-electron chi connectivity index (χ4n) is 3.03. The first-order valence-electron chi connectivity index (χ1n) is 8.14. The van der Waals surface area contributed by atoms with E-state index in [1.165, 1.54) is 35.0 Å². The minimum atomic E-state index is -2.69. The van der Waals surface area contributed by atoms with Gasteiger partial charge in [0, 0.05) is 16.1 Å². The standard InChI is InChI=1S/C20H13ClF3N3/c1-11-18-16(19(23)24)10-17(12-2-4-13(21)5-3-12)25-20(18)27(26-11)15-8-6-14(22)7-9-15/h2-10,19H,1H3. The first kappa shape index (κ1) is 17.5. The predicted octanol–water partition coefficient (Wildman–Crippen LogP) is 6.13. The summed E-state index contributed by atoms with van der Waals surface area (Å²) in [5.41, 5.74) is 2.17. The van der Waals surface area contributed by atoms with Crippen molar-refractivity contribution in [3.8, 4) is 16.9 Å². The number of nitrogens with zero attached hydrogens (tertiary/aromatic N) is 3. The van der Waals surface area contributed by atoms with Crippen LogP contribution in [0.4, 0.5) is 13.2 Å². The van der Waals surface area contributed by atoms with Gasteiger partial charge in [-0.15, -0.1) is 0 Å². The second-order valence-corrected chi connectivity index (χ2v) is 6.51. The molecule has 0 saturated carbocycles. The number of halogens is 4. The number of hydrogen-bond acceptors (Lipinski definition) is 2. The van der Waals surface area contributed by atoms with E-state index < -0.39 is 12.2 Å². The number of rotatable bonds is 3. The number of hydrogen-bond donors (Lipinski definition) is 0. The lowest BCUT2D eigenvalue weighted by Crippen LogP contribution is -2.00. The summed E-state index contributed by atoms with van der Waals surface area (Å²) in [6.07, 6.45) is -2.69. The van der Waals surface area contributed by atoms with E-state index in [-0.39, 0.29) is 5.56 Å². The number of aryl methyl sites for hydroxylation is 1. The Morgan fingerprint density at radius 3 is 2.30 bits per heavy atom. The average molecular weight is 388 g/mol. The zero-order chi connectivity index (χ0) is 19.1. The van der Waals surface area contributed by atoms with Crippen LogP contribution in [0.2, 0.25) is 5.02 Å². The molecule has 0 atom stereocenters. The molecule has 4 aromatic rings. The van der Waals surface area contributed by atoms with Gasteiger partial charge in [-0.3, -0.25) is 0 Å². The summed E-state index contributed by atoms with van der Waals surface area (Å²) in [6.45, 7) is 1.65. The highest BCUT2D eigenvalue weighted by molar-refractivity contribution is 6.30. The third kappa shape index (κ3) is 3.17. The third-order valence-corrected chi connectivity index (χ3v) is 4.54. The molecule has 0 N–H and O–H groups in total.